The molecule has 0 atom stereocenters. The maximum absolute atomic E-state index is 13.2. The van der Waals surface area contributed by atoms with Gasteiger partial charge in [-0.05, 0) is 35.9 Å². The molecule has 0 aromatic heterocycles. The van der Waals surface area contributed by atoms with E-state index in [1.807, 2.05) is 91.0 Å². The molecule has 1 amide bonds. The Morgan fingerprint density at radius 1 is 0.935 bits per heavy atom. The van der Waals surface area contributed by atoms with Crippen LogP contribution in [0.25, 0.3) is 6.08 Å². The molecule has 5 nitrogen and oxygen atoms in total. The first-order valence-electron chi connectivity index (χ1n) is 9.89. The summed E-state index contributed by atoms with van der Waals surface area (Å²) in [5, 5.41) is 0.622. The molecule has 0 radical (unpaired) electrons. The topological polar surface area (TPSA) is 51.1 Å². The van der Waals surface area contributed by atoms with E-state index in [2.05, 4.69) is 4.99 Å². The van der Waals surface area contributed by atoms with Gasteiger partial charge >= 0.3 is 0 Å². The van der Waals surface area contributed by atoms with Crippen molar-refractivity contribution >= 4 is 34.6 Å². The van der Waals surface area contributed by atoms with Crippen molar-refractivity contribution in [1.82, 2.24) is 0 Å². The molecule has 31 heavy (non-hydrogen) atoms. The molecule has 1 heterocycles. The summed E-state index contributed by atoms with van der Waals surface area (Å²) in [6.45, 7) is 0.506. The third-order valence-corrected chi connectivity index (χ3v) is 5.47. The summed E-state index contributed by atoms with van der Waals surface area (Å²) in [6, 6.07) is 26.8. The minimum Gasteiger partial charge on any atom is -0.497 e. The highest BCUT2D eigenvalue weighted by Crippen LogP contribution is 2.31. The fourth-order valence-corrected chi connectivity index (χ4v) is 3.92. The van der Waals surface area contributed by atoms with Crippen molar-refractivity contribution in [1.29, 1.82) is 0 Å². The van der Waals surface area contributed by atoms with Crippen LogP contribution in [0.2, 0.25) is 0 Å². The second-order valence-corrected chi connectivity index (χ2v) is 7.75. The van der Waals surface area contributed by atoms with Gasteiger partial charge in [0.2, 0.25) is 0 Å². The van der Waals surface area contributed by atoms with Crippen LogP contribution in [0.4, 0.5) is 5.69 Å². The lowest BCUT2D eigenvalue weighted by Gasteiger charge is -2.18. The Morgan fingerprint density at radius 3 is 2.39 bits per heavy atom. The zero-order valence-electron chi connectivity index (χ0n) is 17.1. The van der Waals surface area contributed by atoms with Crippen LogP contribution in [0, 0.1) is 0 Å². The van der Waals surface area contributed by atoms with Crippen molar-refractivity contribution in [2.45, 2.75) is 0 Å². The number of carbonyl (C=O) groups excluding carboxylic acids is 1. The highest BCUT2D eigenvalue weighted by molar-refractivity contribution is 8.14. The molecule has 156 valence electrons. The number of methoxy groups -OCH3 is 1. The minimum atomic E-state index is -0.163. The molecule has 1 aliphatic heterocycles. The van der Waals surface area contributed by atoms with E-state index in [-0.39, 0.29) is 5.91 Å². The molecule has 0 saturated carbocycles. The van der Waals surface area contributed by atoms with Crippen LogP contribution < -0.4 is 14.4 Å². The summed E-state index contributed by atoms with van der Waals surface area (Å²) < 4.78 is 11.1. The first kappa shape index (κ1) is 20.8. The van der Waals surface area contributed by atoms with Gasteiger partial charge in [-0.15, -0.1) is 0 Å². The molecule has 0 N–H and O–H groups in total. The molecule has 1 aliphatic rings. The number of anilines is 1. The number of hydrogen-bond acceptors (Lipinski definition) is 5. The third kappa shape index (κ3) is 5.16. The Hall–Kier alpha value is -3.51. The van der Waals surface area contributed by atoms with Gasteiger partial charge in [-0.1, -0.05) is 66.4 Å². The van der Waals surface area contributed by atoms with E-state index >= 15 is 0 Å². The van der Waals surface area contributed by atoms with E-state index in [1.54, 1.807) is 12.0 Å². The number of aliphatic imine (C=N–C) groups is 1. The maximum atomic E-state index is 13.2. The molecule has 0 aliphatic carbocycles. The van der Waals surface area contributed by atoms with Crippen LogP contribution in [0.3, 0.4) is 0 Å². The van der Waals surface area contributed by atoms with Crippen LogP contribution in [0.15, 0.2) is 95.6 Å². The summed E-state index contributed by atoms with van der Waals surface area (Å²) >= 11 is 1.49. The number of carbonyl (C=O) groups is 1. The predicted molar refractivity (Wildman–Crippen MR) is 127 cm³/mol. The Morgan fingerprint density at radius 2 is 1.65 bits per heavy atom. The molecule has 0 spiro atoms. The van der Waals surface area contributed by atoms with Crippen molar-refractivity contribution < 1.29 is 14.3 Å². The van der Waals surface area contributed by atoms with Gasteiger partial charge in [0.1, 0.15) is 17.2 Å². The van der Waals surface area contributed by atoms with Crippen molar-refractivity contribution in [3.05, 3.63) is 96.2 Å². The summed E-state index contributed by atoms with van der Waals surface area (Å²) in [4.78, 5) is 19.5. The third-order valence-electron chi connectivity index (χ3n) is 4.57. The molecule has 0 unspecified atom stereocenters. The molecule has 3 aromatic carbocycles. The first-order valence-corrected chi connectivity index (χ1v) is 10.9. The number of amides is 1. The summed E-state index contributed by atoms with van der Waals surface area (Å²) in [7, 11) is 1.61. The largest absolute Gasteiger partial charge is 0.497 e. The van der Waals surface area contributed by atoms with Crippen molar-refractivity contribution in [2.24, 2.45) is 4.99 Å². The van der Waals surface area contributed by atoms with Gasteiger partial charge in [-0.25, -0.2) is 4.99 Å². The van der Waals surface area contributed by atoms with E-state index < -0.39 is 0 Å². The Bertz CT molecular complexity index is 1100. The van der Waals surface area contributed by atoms with E-state index in [1.165, 1.54) is 11.8 Å². The Labute approximate surface area is 186 Å². The van der Waals surface area contributed by atoms with Crippen molar-refractivity contribution in [2.75, 3.05) is 24.4 Å². The van der Waals surface area contributed by atoms with Crippen molar-refractivity contribution in [3.8, 4) is 11.5 Å². The second-order valence-electron chi connectivity index (χ2n) is 6.69. The predicted octanol–water partition coefficient (Wildman–Crippen LogP) is 5.25. The number of rotatable bonds is 7. The monoisotopic (exact) mass is 430 g/mol. The zero-order chi connectivity index (χ0) is 21.5. The average molecular weight is 431 g/mol. The van der Waals surface area contributed by atoms with Crippen LogP contribution in [0.5, 0.6) is 11.5 Å². The number of amidine groups is 1. The van der Waals surface area contributed by atoms with Crippen LogP contribution >= 0.6 is 11.8 Å². The summed E-state index contributed by atoms with van der Waals surface area (Å²) in [6.07, 6.45) is 1.81. The lowest BCUT2D eigenvalue weighted by Crippen LogP contribution is -2.30. The van der Waals surface area contributed by atoms with E-state index in [0.717, 1.165) is 17.0 Å². The molecule has 0 saturated heterocycles. The summed E-state index contributed by atoms with van der Waals surface area (Å²) in [5.74, 6) is 1.99. The van der Waals surface area contributed by atoms with Gasteiger partial charge in [0.15, 0.2) is 5.17 Å². The van der Waals surface area contributed by atoms with Gasteiger partial charge < -0.3 is 9.47 Å². The fourth-order valence-electron chi connectivity index (χ4n) is 3.09. The average Bonchev–Trinajstić information content (AvgIpc) is 3.13. The van der Waals surface area contributed by atoms with Gasteiger partial charge in [0.05, 0.1) is 19.4 Å². The zero-order valence-corrected chi connectivity index (χ0v) is 17.9. The fraction of sp³-hybridized carbons (Fsp3) is 0.120. The lowest BCUT2D eigenvalue weighted by atomic mass is 10.2. The number of benzene rings is 3. The number of hydrogen-bond donors (Lipinski definition) is 0. The number of nitrogens with zero attached hydrogens (tertiary/aromatic N) is 2. The molecule has 3 aromatic rings. The van der Waals surface area contributed by atoms with Gasteiger partial charge in [0, 0.05) is 11.8 Å². The van der Waals surface area contributed by atoms with Crippen LogP contribution in [0.1, 0.15) is 5.56 Å². The quantitative estimate of drug-likeness (QED) is 0.379. The number of thioether (sulfide) groups is 1. The van der Waals surface area contributed by atoms with E-state index in [4.69, 9.17) is 9.47 Å². The highest BCUT2D eigenvalue weighted by Gasteiger charge is 2.32. The van der Waals surface area contributed by atoms with Gasteiger partial charge in [-0.2, -0.15) is 0 Å². The van der Waals surface area contributed by atoms with E-state index in [9.17, 15) is 4.79 Å². The molecule has 0 bridgehead atoms. The first-order chi connectivity index (χ1) is 15.2. The van der Waals surface area contributed by atoms with Crippen LogP contribution in [-0.2, 0) is 4.79 Å². The van der Waals surface area contributed by atoms with Gasteiger partial charge in [0.25, 0.3) is 5.91 Å². The number of ether oxygens (including phenoxy) is 2. The van der Waals surface area contributed by atoms with E-state index in [0.29, 0.717) is 29.0 Å². The standard InChI is InChI=1S/C25H22N2O3S/c1-29-22-14-8-11-20(18-22)27-24(28)23(17-19-9-4-2-5-10-19)26-25(27)31-16-15-30-21-12-6-3-7-13-21/h2-14,17-18H,15-16H2,1H3. The minimum absolute atomic E-state index is 0.163. The van der Waals surface area contributed by atoms with Crippen LogP contribution in [-0.4, -0.2) is 30.5 Å². The normalized spacial score (nSPS) is 14.6. The molecular formula is C25H22N2O3S. The summed E-state index contributed by atoms with van der Waals surface area (Å²) in [5.41, 5.74) is 2.05. The molecule has 6 heteroatoms. The van der Waals surface area contributed by atoms with Gasteiger partial charge in [-0.3, -0.25) is 9.69 Å². The molecule has 4 rings (SSSR count). The highest BCUT2D eigenvalue weighted by atomic mass is 32.2. The Balaban J connectivity index is 1.55. The second kappa shape index (κ2) is 10.00. The molecular weight excluding hydrogens is 408 g/mol. The SMILES string of the molecule is COc1cccc(N2C(=O)C(=Cc3ccccc3)N=C2SCCOc2ccccc2)c1. The smallest absolute Gasteiger partial charge is 0.283 e. The lowest BCUT2D eigenvalue weighted by molar-refractivity contribution is -0.113. The van der Waals surface area contributed by atoms with Crippen molar-refractivity contribution in [3.63, 3.8) is 0 Å². The number of para-hydroxylation sites is 1. The molecule has 0 fully saturated rings. The Kier molecular flexibility index (Phi) is 6.69. The maximum Gasteiger partial charge on any atom is 0.283 e.